The van der Waals surface area contributed by atoms with E-state index in [1.807, 2.05) is 0 Å². The fraction of sp³-hybridized carbons (Fsp3) is 0.286. The summed E-state index contributed by atoms with van der Waals surface area (Å²) in [6.07, 6.45) is 0. The van der Waals surface area contributed by atoms with Gasteiger partial charge in [0.25, 0.3) is 0 Å². The Balaban J connectivity index is 2.48. The largest absolute Gasteiger partial charge is 0.502 e. The van der Waals surface area contributed by atoms with Crippen molar-refractivity contribution in [2.75, 3.05) is 42.7 Å². The molecule has 3 rings (SSSR count). The number of benzene rings is 2. The molecule has 3 aromatic rings. The van der Waals surface area contributed by atoms with Crippen LogP contribution in [0.3, 0.4) is 0 Å². The molecule has 9 nitrogen and oxygen atoms in total. The van der Waals surface area contributed by atoms with Crippen LogP contribution in [0.15, 0.2) is 27.4 Å². The number of phenols is 1. The van der Waals surface area contributed by atoms with Gasteiger partial charge >= 0.3 is 0 Å². The van der Waals surface area contributed by atoms with E-state index in [4.69, 9.17) is 32.8 Å². The average Bonchev–Trinajstić information content (AvgIpc) is 2.77. The first-order chi connectivity index (χ1) is 14.5. The van der Waals surface area contributed by atoms with Crippen molar-refractivity contribution in [2.45, 2.75) is 0 Å². The Morgan fingerprint density at radius 2 is 1.33 bits per heavy atom. The lowest BCUT2D eigenvalue weighted by Gasteiger charge is -2.17. The Kier molecular flexibility index (Phi) is 5.81. The molecule has 0 amide bonds. The summed E-state index contributed by atoms with van der Waals surface area (Å²) in [6.45, 7) is 0. The van der Waals surface area contributed by atoms with Gasteiger partial charge in [-0.25, -0.2) is 0 Å². The van der Waals surface area contributed by atoms with E-state index in [1.165, 1.54) is 42.7 Å². The van der Waals surface area contributed by atoms with Crippen LogP contribution in [0.1, 0.15) is 0 Å². The fourth-order valence-corrected chi connectivity index (χ4v) is 3.24. The highest BCUT2D eigenvalue weighted by Gasteiger charge is 2.29. The van der Waals surface area contributed by atoms with Crippen molar-refractivity contribution < 1.29 is 37.9 Å². The third kappa shape index (κ3) is 3.08. The van der Waals surface area contributed by atoms with Crippen LogP contribution in [-0.2, 0) is 0 Å². The predicted octanol–water partition coefficient (Wildman–Crippen LogP) is 3.22. The van der Waals surface area contributed by atoms with Gasteiger partial charge in [0, 0.05) is 5.56 Å². The standard InChI is InChI=1S/C21H22O9/c1-24-11-8-7-10(9-12(11)25-2)16-19(27-4)14(22)13-17(26-3)15(23)20(28-5)21(29-6)18(13)30-16/h7-9,23H,1-6H3. The second kappa shape index (κ2) is 8.32. The van der Waals surface area contributed by atoms with Crippen LogP contribution in [0.25, 0.3) is 22.3 Å². The van der Waals surface area contributed by atoms with Crippen molar-refractivity contribution in [2.24, 2.45) is 0 Å². The Hall–Kier alpha value is -3.75. The van der Waals surface area contributed by atoms with Gasteiger partial charge in [0.15, 0.2) is 28.6 Å². The van der Waals surface area contributed by atoms with Gasteiger partial charge in [-0.3, -0.25) is 4.79 Å². The van der Waals surface area contributed by atoms with Crippen LogP contribution in [0.4, 0.5) is 0 Å². The van der Waals surface area contributed by atoms with Gasteiger partial charge in [0.2, 0.25) is 28.4 Å². The Bertz CT molecular complexity index is 1150. The molecule has 9 heteroatoms. The maximum Gasteiger partial charge on any atom is 0.239 e. The zero-order valence-electron chi connectivity index (χ0n) is 17.4. The van der Waals surface area contributed by atoms with Crippen LogP contribution >= 0.6 is 0 Å². The van der Waals surface area contributed by atoms with Crippen molar-refractivity contribution in [1.29, 1.82) is 0 Å². The molecule has 30 heavy (non-hydrogen) atoms. The van der Waals surface area contributed by atoms with Crippen molar-refractivity contribution >= 4 is 11.0 Å². The Morgan fingerprint density at radius 3 is 1.87 bits per heavy atom. The first-order valence-electron chi connectivity index (χ1n) is 8.75. The normalized spacial score (nSPS) is 10.6. The van der Waals surface area contributed by atoms with E-state index < -0.39 is 11.2 Å². The highest BCUT2D eigenvalue weighted by Crippen LogP contribution is 2.51. The summed E-state index contributed by atoms with van der Waals surface area (Å²) in [5, 5.41) is 10.5. The van der Waals surface area contributed by atoms with Crippen molar-refractivity contribution in [3.05, 3.63) is 28.4 Å². The molecule has 0 spiro atoms. The lowest BCUT2D eigenvalue weighted by atomic mass is 10.1. The molecule has 0 unspecified atom stereocenters. The molecule has 0 radical (unpaired) electrons. The molecular formula is C21H22O9. The van der Waals surface area contributed by atoms with E-state index >= 15 is 0 Å². The Morgan fingerprint density at radius 1 is 0.733 bits per heavy atom. The molecule has 160 valence electrons. The van der Waals surface area contributed by atoms with E-state index in [-0.39, 0.29) is 39.7 Å². The lowest BCUT2D eigenvalue weighted by Crippen LogP contribution is -2.10. The number of phenolic OH excluding ortho intramolecular Hbond substituents is 1. The Labute approximate surface area is 172 Å². The number of ether oxygens (including phenoxy) is 6. The van der Waals surface area contributed by atoms with E-state index in [0.29, 0.717) is 17.1 Å². The lowest BCUT2D eigenvalue weighted by molar-refractivity contribution is 0.316. The number of methoxy groups -OCH3 is 6. The first-order valence-corrected chi connectivity index (χ1v) is 8.75. The monoisotopic (exact) mass is 418 g/mol. The summed E-state index contributed by atoms with van der Waals surface area (Å²) >= 11 is 0. The summed E-state index contributed by atoms with van der Waals surface area (Å²) < 4.78 is 37.9. The minimum Gasteiger partial charge on any atom is -0.502 e. The van der Waals surface area contributed by atoms with Gasteiger partial charge in [-0.2, -0.15) is 0 Å². The third-order valence-electron chi connectivity index (χ3n) is 4.60. The minimum atomic E-state index is -0.559. The predicted molar refractivity (Wildman–Crippen MR) is 109 cm³/mol. The summed E-state index contributed by atoms with van der Waals surface area (Å²) in [5.41, 5.74) is -0.0345. The molecule has 1 heterocycles. The van der Waals surface area contributed by atoms with Crippen LogP contribution in [0.5, 0.6) is 40.2 Å². The smallest absolute Gasteiger partial charge is 0.239 e. The molecule has 0 saturated heterocycles. The second-order valence-electron chi connectivity index (χ2n) is 6.02. The van der Waals surface area contributed by atoms with Gasteiger partial charge in [0.05, 0.1) is 42.7 Å². The molecule has 0 atom stereocenters. The molecule has 1 aromatic heterocycles. The number of hydrogen-bond acceptors (Lipinski definition) is 9. The number of aromatic hydroxyl groups is 1. The summed E-state index contributed by atoms with van der Waals surface area (Å²) in [4.78, 5) is 13.3. The highest BCUT2D eigenvalue weighted by molar-refractivity contribution is 5.96. The van der Waals surface area contributed by atoms with E-state index in [9.17, 15) is 9.90 Å². The maximum atomic E-state index is 13.3. The number of rotatable bonds is 7. The fourth-order valence-electron chi connectivity index (χ4n) is 3.24. The zero-order valence-corrected chi connectivity index (χ0v) is 17.4. The highest BCUT2D eigenvalue weighted by atomic mass is 16.5. The molecular weight excluding hydrogens is 396 g/mol. The van der Waals surface area contributed by atoms with Gasteiger partial charge in [-0.1, -0.05) is 0 Å². The van der Waals surface area contributed by atoms with Crippen molar-refractivity contribution in [3.8, 4) is 51.6 Å². The molecule has 0 fully saturated rings. The first kappa shape index (κ1) is 21.0. The van der Waals surface area contributed by atoms with Gasteiger partial charge in [-0.05, 0) is 18.2 Å². The van der Waals surface area contributed by atoms with Gasteiger partial charge < -0.3 is 37.9 Å². The number of fused-ring (bicyclic) bond motifs is 1. The molecule has 0 bridgehead atoms. The molecule has 0 aliphatic heterocycles. The van der Waals surface area contributed by atoms with E-state index in [0.717, 1.165) is 0 Å². The zero-order chi connectivity index (χ0) is 22.0. The second-order valence-corrected chi connectivity index (χ2v) is 6.02. The molecule has 1 N–H and O–H groups in total. The van der Waals surface area contributed by atoms with Crippen LogP contribution in [0, 0.1) is 0 Å². The van der Waals surface area contributed by atoms with Gasteiger partial charge in [0.1, 0.15) is 5.39 Å². The molecule has 0 saturated carbocycles. The number of hydrogen-bond donors (Lipinski definition) is 1. The van der Waals surface area contributed by atoms with Crippen LogP contribution in [0.2, 0.25) is 0 Å². The maximum absolute atomic E-state index is 13.3. The summed E-state index contributed by atoms with van der Waals surface area (Å²) in [7, 11) is 8.38. The molecule has 0 aliphatic rings. The quantitative estimate of drug-likeness (QED) is 0.619. The minimum absolute atomic E-state index is 0.0274. The topological polar surface area (TPSA) is 106 Å². The van der Waals surface area contributed by atoms with E-state index in [2.05, 4.69) is 0 Å². The van der Waals surface area contributed by atoms with Gasteiger partial charge in [-0.15, -0.1) is 0 Å². The summed E-state index contributed by atoms with van der Waals surface area (Å²) in [5.74, 6) is 0.484. The van der Waals surface area contributed by atoms with Crippen LogP contribution < -0.4 is 33.8 Å². The van der Waals surface area contributed by atoms with E-state index in [1.54, 1.807) is 18.2 Å². The molecule has 0 aliphatic carbocycles. The van der Waals surface area contributed by atoms with Crippen molar-refractivity contribution in [1.82, 2.24) is 0 Å². The van der Waals surface area contributed by atoms with Crippen LogP contribution in [-0.4, -0.2) is 47.8 Å². The summed E-state index contributed by atoms with van der Waals surface area (Å²) in [6, 6.07) is 5.01. The third-order valence-corrected chi connectivity index (χ3v) is 4.60. The SMILES string of the molecule is COc1ccc(-c2oc3c(OC)c(OC)c(O)c(OC)c3c(=O)c2OC)cc1OC. The average molecular weight is 418 g/mol. The molecule has 2 aromatic carbocycles. The van der Waals surface area contributed by atoms with Crippen molar-refractivity contribution in [3.63, 3.8) is 0 Å².